The van der Waals surface area contributed by atoms with E-state index in [0.717, 1.165) is 12.3 Å². The van der Waals surface area contributed by atoms with Crippen LogP contribution in [0.5, 0.6) is 0 Å². The maximum atomic E-state index is 13.4. The van der Waals surface area contributed by atoms with E-state index in [1.54, 1.807) is 6.07 Å². The molecule has 3 N–H and O–H groups in total. The van der Waals surface area contributed by atoms with Gasteiger partial charge in [-0.1, -0.05) is 18.2 Å². The van der Waals surface area contributed by atoms with E-state index in [4.69, 9.17) is 5.11 Å². The number of aromatic nitrogens is 1. The van der Waals surface area contributed by atoms with Crippen LogP contribution >= 0.6 is 0 Å². The van der Waals surface area contributed by atoms with Crippen LogP contribution in [0.15, 0.2) is 41.4 Å². The molecule has 1 aromatic heterocycles. The Kier molecular flexibility index (Phi) is 3.86. The SMILES string of the molecule is O=C(O)c1cc(S(=O)(=O)NCc2ccccc2F)c[nH]1. The summed E-state index contributed by atoms with van der Waals surface area (Å²) < 4.78 is 39.4. The topological polar surface area (TPSA) is 99.3 Å². The van der Waals surface area contributed by atoms with Gasteiger partial charge >= 0.3 is 5.97 Å². The number of carbonyl (C=O) groups is 1. The highest BCUT2D eigenvalue weighted by Crippen LogP contribution is 2.12. The molecule has 8 heteroatoms. The second-order valence-electron chi connectivity index (χ2n) is 3.97. The molecular formula is C12H11FN2O4S. The lowest BCUT2D eigenvalue weighted by Gasteiger charge is -2.05. The lowest BCUT2D eigenvalue weighted by Crippen LogP contribution is -2.23. The normalized spacial score (nSPS) is 11.4. The fourth-order valence-electron chi connectivity index (χ4n) is 1.55. The number of nitrogens with one attached hydrogen (secondary N) is 2. The van der Waals surface area contributed by atoms with Gasteiger partial charge in [-0.2, -0.15) is 0 Å². The molecule has 6 nitrogen and oxygen atoms in total. The van der Waals surface area contributed by atoms with Crippen molar-refractivity contribution in [2.24, 2.45) is 0 Å². The van der Waals surface area contributed by atoms with Gasteiger partial charge < -0.3 is 10.1 Å². The first-order valence-electron chi connectivity index (χ1n) is 5.55. The molecule has 0 bridgehead atoms. The molecule has 2 aromatic rings. The molecule has 0 saturated carbocycles. The largest absolute Gasteiger partial charge is 0.477 e. The third-order valence-corrected chi connectivity index (χ3v) is 3.99. The van der Waals surface area contributed by atoms with Crippen molar-refractivity contribution >= 4 is 16.0 Å². The molecule has 0 amide bonds. The lowest BCUT2D eigenvalue weighted by molar-refractivity contribution is 0.0691. The number of hydrogen-bond donors (Lipinski definition) is 3. The fraction of sp³-hybridized carbons (Fsp3) is 0.0833. The van der Waals surface area contributed by atoms with E-state index in [-0.39, 0.29) is 22.7 Å². The van der Waals surface area contributed by atoms with Crippen LogP contribution in [0.4, 0.5) is 4.39 Å². The van der Waals surface area contributed by atoms with Crippen LogP contribution in [0.1, 0.15) is 16.1 Å². The molecule has 1 aromatic carbocycles. The van der Waals surface area contributed by atoms with Crippen LogP contribution in [-0.2, 0) is 16.6 Å². The minimum absolute atomic E-state index is 0.199. The van der Waals surface area contributed by atoms with E-state index in [2.05, 4.69) is 9.71 Å². The number of sulfonamides is 1. The Balaban J connectivity index is 2.15. The predicted molar refractivity (Wildman–Crippen MR) is 68.2 cm³/mol. The van der Waals surface area contributed by atoms with Gasteiger partial charge in [-0.15, -0.1) is 0 Å². The predicted octanol–water partition coefficient (Wildman–Crippen LogP) is 1.33. The van der Waals surface area contributed by atoms with Crippen molar-refractivity contribution in [2.75, 3.05) is 0 Å². The lowest BCUT2D eigenvalue weighted by atomic mass is 10.2. The molecule has 2 rings (SSSR count). The fourth-order valence-corrected chi connectivity index (χ4v) is 2.55. The van der Waals surface area contributed by atoms with Gasteiger partial charge in [0.25, 0.3) is 0 Å². The van der Waals surface area contributed by atoms with Crippen LogP contribution in [0.3, 0.4) is 0 Å². The number of H-pyrrole nitrogens is 1. The summed E-state index contributed by atoms with van der Waals surface area (Å²) in [5.74, 6) is -1.78. The molecule has 0 saturated heterocycles. The number of carboxylic acids is 1. The number of benzene rings is 1. The first-order chi connectivity index (χ1) is 9.40. The molecule has 0 aliphatic heterocycles. The molecule has 0 unspecified atom stereocenters. The van der Waals surface area contributed by atoms with E-state index >= 15 is 0 Å². The van der Waals surface area contributed by atoms with E-state index < -0.39 is 21.8 Å². The minimum Gasteiger partial charge on any atom is -0.477 e. The monoisotopic (exact) mass is 298 g/mol. The summed E-state index contributed by atoms with van der Waals surface area (Å²) in [5.41, 5.74) is -0.0404. The average Bonchev–Trinajstić information content (AvgIpc) is 2.88. The Morgan fingerprint density at radius 1 is 1.35 bits per heavy atom. The summed E-state index contributed by atoms with van der Waals surface area (Å²) in [6.45, 7) is -0.220. The number of aromatic carboxylic acids is 1. The summed E-state index contributed by atoms with van der Waals surface area (Å²) in [4.78, 5) is 12.8. The highest BCUT2D eigenvalue weighted by atomic mass is 32.2. The van der Waals surface area contributed by atoms with Gasteiger partial charge in [0.05, 0.1) is 0 Å². The van der Waals surface area contributed by atoms with Gasteiger partial charge in [0.2, 0.25) is 10.0 Å². The molecule has 0 atom stereocenters. The molecule has 1 heterocycles. The zero-order valence-corrected chi connectivity index (χ0v) is 10.9. The third kappa shape index (κ3) is 3.03. The van der Waals surface area contributed by atoms with Gasteiger partial charge in [-0.05, 0) is 12.1 Å². The molecule has 0 aliphatic carbocycles. The number of aromatic amines is 1. The summed E-state index contributed by atoms with van der Waals surface area (Å²) in [7, 11) is -3.90. The Bertz CT molecular complexity index is 739. The van der Waals surface area contributed by atoms with Crippen molar-refractivity contribution in [3.05, 3.63) is 53.6 Å². The van der Waals surface area contributed by atoms with Gasteiger partial charge in [0.15, 0.2) is 0 Å². The molecule has 0 radical (unpaired) electrons. The van der Waals surface area contributed by atoms with Crippen LogP contribution in [0.25, 0.3) is 0 Å². The summed E-state index contributed by atoms with van der Waals surface area (Å²) in [5, 5.41) is 8.71. The zero-order valence-electron chi connectivity index (χ0n) is 10.1. The van der Waals surface area contributed by atoms with Crippen LogP contribution in [0.2, 0.25) is 0 Å². The maximum absolute atomic E-state index is 13.4. The average molecular weight is 298 g/mol. The highest BCUT2D eigenvalue weighted by Gasteiger charge is 2.18. The van der Waals surface area contributed by atoms with E-state index in [9.17, 15) is 17.6 Å². The molecule has 106 valence electrons. The smallest absolute Gasteiger partial charge is 0.352 e. The van der Waals surface area contributed by atoms with Crippen LogP contribution in [0, 0.1) is 5.82 Å². The standard InChI is InChI=1S/C12H11FN2O4S/c13-10-4-2-1-3-8(10)6-15-20(18,19)9-5-11(12(16)17)14-7-9/h1-5,7,14-15H,6H2,(H,16,17). The third-order valence-electron chi connectivity index (χ3n) is 2.61. The van der Waals surface area contributed by atoms with E-state index in [1.165, 1.54) is 18.2 Å². The summed E-state index contributed by atoms with van der Waals surface area (Å²) in [6, 6.07) is 6.76. The van der Waals surface area contributed by atoms with Gasteiger partial charge in [-0.25, -0.2) is 22.3 Å². The zero-order chi connectivity index (χ0) is 14.8. The number of rotatable bonds is 5. The number of hydrogen-bond acceptors (Lipinski definition) is 3. The Morgan fingerprint density at radius 3 is 2.65 bits per heavy atom. The second-order valence-corrected chi connectivity index (χ2v) is 5.74. The summed E-state index contributed by atoms with van der Waals surface area (Å²) in [6.07, 6.45) is 1.06. The Labute approximate surface area is 114 Å². The quantitative estimate of drug-likeness (QED) is 0.775. The van der Waals surface area contributed by atoms with Crippen LogP contribution in [-0.4, -0.2) is 24.5 Å². The van der Waals surface area contributed by atoms with E-state index in [1.807, 2.05) is 0 Å². The molecule has 0 aliphatic rings. The van der Waals surface area contributed by atoms with E-state index in [0.29, 0.717) is 0 Å². The molecule has 0 spiro atoms. The molecule has 20 heavy (non-hydrogen) atoms. The van der Waals surface area contributed by atoms with Gasteiger partial charge in [-0.3, -0.25) is 0 Å². The van der Waals surface area contributed by atoms with Gasteiger partial charge in [0, 0.05) is 18.3 Å². The van der Waals surface area contributed by atoms with Gasteiger partial charge in [0.1, 0.15) is 16.4 Å². The molecule has 0 fully saturated rings. The highest BCUT2D eigenvalue weighted by molar-refractivity contribution is 7.89. The van der Waals surface area contributed by atoms with Crippen molar-refractivity contribution < 1.29 is 22.7 Å². The van der Waals surface area contributed by atoms with Crippen molar-refractivity contribution in [1.29, 1.82) is 0 Å². The second kappa shape index (κ2) is 5.43. The minimum atomic E-state index is -3.90. The van der Waals surface area contributed by atoms with Crippen molar-refractivity contribution in [1.82, 2.24) is 9.71 Å². The van der Waals surface area contributed by atoms with Crippen molar-refractivity contribution in [2.45, 2.75) is 11.4 Å². The Hall–Kier alpha value is -2.19. The number of halogens is 1. The Morgan fingerprint density at radius 2 is 2.05 bits per heavy atom. The summed E-state index contributed by atoms with van der Waals surface area (Å²) >= 11 is 0. The number of carboxylic acid groups (broad SMARTS) is 1. The first kappa shape index (κ1) is 14.2. The van der Waals surface area contributed by atoms with Crippen molar-refractivity contribution in [3.8, 4) is 0 Å². The molecular weight excluding hydrogens is 287 g/mol. The first-order valence-corrected chi connectivity index (χ1v) is 7.03. The van der Waals surface area contributed by atoms with Crippen molar-refractivity contribution in [3.63, 3.8) is 0 Å². The maximum Gasteiger partial charge on any atom is 0.352 e. The van der Waals surface area contributed by atoms with Crippen LogP contribution < -0.4 is 4.72 Å².